The van der Waals surface area contributed by atoms with Gasteiger partial charge in [0, 0.05) is 11.6 Å². The van der Waals surface area contributed by atoms with Gasteiger partial charge in [0.25, 0.3) is 0 Å². The molecule has 3 N–H and O–H groups in total. The van der Waals surface area contributed by atoms with Gasteiger partial charge in [-0.05, 0) is 38.0 Å². The molecule has 7 heteroatoms. The van der Waals surface area contributed by atoms with Crippen LogP contribution in [0.4, 0.5) is 4.39 Å². The molecule has 0 saturated heterocycles. The fourth-order valence-electron chi connectivity index (χ4n) is 1.52. The van der Waals surface area contributed by atoms with Gasteiger partial charge in [-0.25, -0.2) is 9.82 Å². The third kappa shape index (κ3) is 3.53. The first-order chi connectivity index (χ1) is 9.47. The van der Waals surface area contributed by atoms with E-state index in [1.54, 1.807) is 0 Å². The number of carbonyl (C=O) groups excluding carboxylic acids is 2. The normalized spacial score (nSPS) is 14.8. The zero-order valence-corrected chi connectivity index (χ0v) is 10.8. The van der Waals surface area contributed by atoms with Gasteiger partial charge in [-0.3, -0.25) is 9.59 Å². The second-order valence-corrected chi connectivity index (χ2v) is 4.55. The summed E-state index contributed by atoms with van der Waals surface area (Å²) >= 11 is 0. The zero-order chi connectivity index (χ0) is 14.7. The second-order valence-electron chi connectivity index (χ2n) is 4.55. The number of carbonyl (C=O) groups is 2. The first-order valence-corrected chi connectivity index (χ1v) is 6.11. The highest BCUT2D eigenvalue weighted by molar-refractivity contribution is 6.35. The van der Waals surface area contributed by atoms with Gasteiger partial charge >= 0.3 is 11.8 Å². The first-order valence-electron chi connectivity index (χ1n) is 6.11. The molecule has 0 bridgehead atoms. The van der Waals surface area contributed by atoms with E-state index in [0.29, 0.717) is 0 Å². The summed E-state index contributed by atoms with van der Waals surface area (Å²) in [5.74, 6) is -2.35. The van der Waals surface area contributed by atoms with E-state index in [2.05, 4.69) is 15.8 Å². The summed E-state index contributed by atoms with van der Waals surface area (Å²) in [6.07, 6.45) is 1.75. The van der Waals surface area contributed by atoms with Crippen molar-refractivity contribution in [3.05, 3.63) is 29.6 Å². The van der Waals surface area contributed by atoms with Crippen LogP contribution in [0.2, 0.25) is 0 Å². The Hall–Kier alpha value is -2.44. The van der Waals surface area contributed by atoms with E-state index in [1.807, 2.05) is 0 Å². The van der Waals surface area contributed by atoms with Crippen LogP contribution in [0.5, 0.6) is 5.75 Å². The fourth-order valence-corrected chi connectivity index (χ4v) is 1.52. The Bertz CT molecular complexity index is 582. The molecule has 1 fully saturated rings. The minimum absolute atomic E-state index is 0.0746. The summed E-state index contributed by atoms with van der Waals surface area (Å²) in [5.41, 5.74) is 2.40. The number of hydrazone groups is 1. The quantitative estimate of drug-likeness (QED) is 0.431. The monoisotopic (exact) mass is 279 g/mol. The molecule has 1 aromatic rings. The molecule has 1 aromatic carbocycles. The number of rotatable bonds is 3. The molecule has 106 valence electrons. The molecule has 0 unspecified atom stereocenters. The van der Waals surface area contributed by atoms with Crippen LogP contribution in [0.1, 0.15) is 25.3 Å². The van der Waals surface area contributed by atoms with Crippen molar-refractivity contribution in [2.45, 2.75) is 25.8 Å². The highest BCUT2D eigenvalue weighted by Crippen LogP contribution is 2.19. The van der Waals surface area contributed by atoms with Crippen molar-refractivity contribution in [2.24, 2.45) is 5.10 Å². The van der Waals surface area contributed by atoms with Crippen molar-refractivity contribution in [2.75, 3.05) is 0 Å². The molecule has 0 spiro atoms. The number of aromatic hydroxyl groups is 1. The number of amides is 2. The summed E-state index contributed by atoms with van der Waals surface area (Å²) in [4.78, 5) is 22.8. The summed E-state index contributed by atoms with van der Waals surface area (Å²) < 4.78 is 13.1. The molecule has 1 aliphatic carbocycles. The molecule has 1 saturated carbocycles. The van der Waals surface area contributed by atoms with Crippen LogP contribution in [-0.2, 0) is 9.59 Å². The molecule has 2 amide bonds. The van der Waals surface area contributed by atoms with Crippen LogP contribution < -0.4 is 10.7 Å². The summed E-state index contributed by atoms with van der Waals surface area (Å²) in [6.45, 7) is 1.48. The average Bonchev–Trinajstić information content (AvgIpc) is 3.22. The molecular weight excluding hydrogens is 265 g/mol. The van der Waals surface area contributed by atoms with E-state index in [-0.39, 0.29) is 23.1 Å². The first kappa shape index (κ1) is 14.0. The largest absolute Gasteiger partial charge is 0.507 e. The van der Waals surface area contributed by atoms with E-state index in [0.717, 1.165) is 25.0 Å². The fraction of sp³-hybridized carbons (Fsp3) is 0.308. The number of benzene rings is 1. The Labute approximate surface area is 114 Å². The third-order valence-electron chi connectivity index (χ3n) is 2.79. The highest BCUT2D eigenvalue weighted by Gasteiger charge is 2.26. The Kier molecular flexibility index (Phi) is 3.97. The van der Waals surface area contributed by atoms with Gasteiger partial charge in [0.2, 0.25) is 0 Å². The van der Waals surface area contributed by atoms with E-state index in [1.165, 1.54) is 13.0 Å². The molecule has 0 aromatic heterocycles. The smallest absolute Gasteiger partial charge is 0.329 e. The standard InChI is InChI=1S/C13H14FN3O3/c1-7(10-6-8(14)2-5-11(10)18)16-17-13(20)12(19)15-9-3-4-9/h2,5-6,9,18H,3-4H2,1H3,(H,15,19)(H,17,20)/b16-7+. The van der Waals surface area contributed by atoms with Gasteiger partial charge in [0.1, 0.15) is 11.6 Å². The van der Waals surface area contributed by atoms with Crippen LogP contribution in [0.25, 0.3) is 0 Å². The van der Waals surface area contributed by atoms with Crippen molar-refractivity contribution < 1.29 is 19.1 Å². The Morgan fingerprint density at radius 2 is 2.05 bits per heavy atom. The summed E-state index contributed by atoms with van der Waals surface area (Å²) in [7, 11) is 0. The molecule has 0 heterocycles. The van der Waals surface area contributed by atoms with Crippen LogP contribution in [0.3, 0.4) is 0 Å². The van der Waals surface area contributed by atoms with E-state index < -0.39 is 17.6 Å². The molecule has 6 nitrogen and oxygen atoms in total. The number of nitrogens with zero attached hydrogens (tertiary/aromatic N) is 1. The topological polar surface area (TPSA) is 90.8 Å². The highest BCUT2D eigenvalue weighted by atomic mass is 19.1. The van der Waals surface area contributed by atoms with Gasteiger partial charge in [-0.2, -0.15) is 5.10 Å². The van der Waals surface area contributed by atoms with Gasteiger partial charge in [0.05, 0.1) is 5.71 Å². The summed E-state index contributed by atoms with van der Waals surface area (Å²) in [6, 6.07) is 3.45. The minimum Gasteiger partial charge on any atom is -0.507 e. The molecule has 20 heavy (non-hydrogen) atoms. The van der Waals surface area contributed by atoms with Crippen LogP contribution in [0.15, 0.2) is 23.3 Å². The zero-order valence-electron chi connectivity index (χ0n) is 10.8. The van der Waals surface area contributed by atoms with Crippen molar-refractivity contribution in [3.63, 3.8) is 0 Å². The number of nitrogens with one attached hydrogen (secondary N) is 2. The maximum atomic E-state index is 13.1. The number of hydrogen-bond donors (Lipinski definition) is 3. The molecule has 0 radical (unpaired) electrons. The lowest BCUT2D eigenvalue weighted by Crippen LogP contribution is -2.39. The molecule has 2 rings (SSSR count). The predicted molar refractivity (Wildman–Crippen MR) is 69.6 cm³/mol. The van der Waals surface area contributed by atoms with Gasteiger partial charge in [-0.1, -0.05) is 0 Å². The molecule has 0 atom stereocenters. The molecule has 0 aliphatic heterocycles. The van der Waals surface area contributed by atoms with E-state index >= 15 is 0 Å². The van der Waals surface area contributed by atoms with E-state index in [9.17, 15) is 19.1 Å². The van der Waals surface area contributed by atoms with E-state index in [4.69, 9.17) is 0 Å². The third-order valence-corrected chi connectivity index (χ3v) is 2.79. The van der Waals surface area contributed by atoms with Crippen LogP contribution in [0, 0.1) is 5.82 Å². The maximum Gasteiger partial charge on any atom is 0.329 e. The SMILES string of the molecule is C/C(=N\NC(=O)C(=O)NC1CC1)c1cc(F)ccc1O. The van der Waals surface area contributed by atoms with Gasteiger partial charge in [-0.15, -0.1) is 0 Å². The molecule has 1 aliphatic rings. The van der Waals surface area contributed by atoms with Gasteiger partial charge in [0.15, 0.2) is 0 Å². The van der Waals surface area contributed by atoms with Crippen molar-refractivity contribution in [3.8, 4) is 5.75 Å². The van der Waals surface area contributed by atoms with Crippen molar-refractivity contribution >= 4 is 17.5 Å². The van der Waals surface area contributed by atoms with Gasteiger partial charge < -0.3 is 10.4 Å². The number of hydrogen-bond acceptors (Lipinski definition) is 4. The minimum atomic E-state index is -0.896. The molecular formula is C13H14FN3O3. The maximum absolute atomic E-state index is 13.1. The lowest BCUT2D eigenvalue weighted by Gasteiger charge is -2.05. The predicted octanol–water partition coefficient (Wildman–Crippen LogP) is 0.650. The lowest BCUT2D eigenvalue weighted by atomic mass is 10.1. The number of halogens is 1. The Morgan fingerprint density at radius 1 is 1.35 bits per heavy atom. The lowest BCUT2D eigenvalue weighted by molar-refractivity contribution is -0.139. The Balaban J connectivity index is 2.00. The van der Waals surface area contributed by atoms with Crippen LogP contribution >= 0.6 is 0 Å². The van der Waals surface area contributed by atoms with Crippen LogP contribution in [-0.4, -0.2) is 28.7 Å². The average molecular weight is 279 g/mol. The second kappa shape index (κ2) is 5.68. The number of phenolic OH excluding ortho intramolecular Hbond substituents is 1. The van der Waals surface area contributed by atoms with Crippen molar-refractivity contribution in [1.82, 2.24) is 10.7 Å². The van der Waals surface area contributed by atoms with Crippen molar-refractivity contribution in [1.29, 1.82) is 0 Å². The number of phenols is 1. The Morgan fingerprint density at radius 3 is 2.70 bits per heavy atom. The summed E-state index contributed by atoms with van der Waals surface area (Å²) in [5, 5.41) is 15.8.